The molecule has 12 aromatic rings. The van der Waals surface area contributed by atoms with Crippen molar-refractivity contribution in [1.82, 2.24) is 0 Å². The lowest BCUT2D eigenvalue weighted by atomic mass is 9.96. The number of ether oxygens (including phenoxy) is 2. The summed E-state index contributed by atoms with van der Waals surface area (Å²) < 4.78 is 14.0. The van der Waals surface area contributed by atoms with E-state index in [4.69, 9.17) is 9.47 Å². The summed E-state index contributed by atoms with van der Waals surface area (Å²) >= 11 is 0. The molecule has 0 N–H and O–H groups in total. The van der Waals surface area contributed by atoms with E-state index in [1.54, 1.807) is 0 Å². The van der Waals surface area contributed by atoms with Gasteiger partial charge in [0.15, 0.2) is 23.0 Å². The largest absolute Gasteiger partial charge is 0.453 e. The Morgan fingerprint density at radius 1 is 0.212 bits per heavy atom. The molecular weight excluding hydrogens is 1010 g/mol. The molecule has 2 unspecified atom stereocenters. The number of anilines is 18. The molecule has 20 rings (SSSR count). The predicted molar refractivity (Wildman–Crippen MR) is 331 cm³/mol. The normalized spacial score (nSPS) is 16.6. The van der Waals surface area contributed by atoms with Crippen molar-refractivity contribution in [3.63, 3.8) is 0 Å². The molecule has 0 aliphatic carbocycles. The van der Waals surface area contributed by atoms with Gasteiger partial charge in [-0.05, 0) is 165 Å². The Balaban J connectivity index is 0.991. The molecule has 8 aliphatic heterocycles. The first-order valence-electron chi connectivity index (χ1n) is 27.6. The smallest absolute Gasteiger partial charge is 0.151 e. The second-order valence-electron chi connectivity index (χ2n) is 21.9. The maximum atomic E-state index is 7.01. The number of fused-ring (bicyclic) bond motifs is 9. The summed E-state index contributed by atoms with van der Waals surface area (Å²) in [6.45, 7) is 0. The van der Waals surface area contributed by atoms with Gasteiger partial charge in [-0.2, -0.15) is 0 Å². The second kappa shape index (κ2) is 14.8. The second-order valence-corrected chi connectivity index (χ2v) is 27.1. The fraction of sp³-hybridized carbons (Fsp3) is 0. The molecule has 0 saturated heterocycles. The summed E-state index contributed by atoms with van der Waals surface area (Å²) in [4.78, 5) is 15.5. The van der Waals surface area contributed by atoms with Crippen LogP contribution in [-0.2, 0) is 0 Å². The Labute approximate surface area is 463 Å². The minimum absolute atomic E-state index is 0.864. The third kappa shape index (κ3) is 5.00. The number of benzene rings is 12. The lowest BCUT2D eigenvalue weighted by Gasteiger charge is -2.52. The molecule has 12 aromatic carbocycles. The maximum Gasteiger partial charge on any atom is 0.151 e. The standard InChI is InChI=1S/C70H42N6O2Si2/c1-5-19-41(20-6-1)71-53-35-37-59-63-67(53)79-65-49(29-17-31-51(65)75(63)47-27-13-15-33-57(47)77-59)73(43-23-9-3-10-24-43)61-46-40-56-70-62(45(46)39-55(71)69(61)79)74(44-25-11-4-12-26-44)50-30-18-32-52-66(50)80(70)68-54(72(56)42-21-7-2-8-22-42)36-38-60-64(68)76(52)48-28-14-16-34-58(48)78-60/h1-40,79-80H. The highest BCUT2D eigenvalue weighted by molar-refractivity contribution is 7.04. The highest BCUT2D eigenvalue weighted by Gasteiger charge is 2.54. The average molecular weight is 1060 g/mol. The number of hydrogen-bond acceptors (Lipinski definition) is 8. The molecule has 80 heavy (non-hydrogen) atoms. The molecule has 8 aliphatic rings. The van der Waals surface area contributed by atoms with E-state index >= 15 is 0 Å². The van der Waals surface area contributed by atoms with Crippen LogP contribution < -0.4 is 70.0 Å². The first-order valence-corrected chi connectivity index (χ1v) is 31.0. The van der Waals surface area contributed by atoms with Crippen LogP contribution in [-0.4, -0.2) is 17.6 Å². The van der Waals surface area contributed by atoms with E-state index in [0.29, 0.717) is 0 Å². The van der Waals surface area contributed by atoms with Gasteiger partial charge in [0.05, 0.1) is 34.1 Å². The van der Waals surface area contributed by atoms with Gasteiger partial charge in [-0.1, -0.05) is 109 Å². The zero-order chi connectivity index (χ0) is 51.6. The van der Waals surface area contributed by atoms with E-state index in [2.05, 4.69) is 272 Å². The molecule has 8 nitrogen and oxygen atoms in total. The van der Waals surface area contributed by atoms with Crippen LogP contribution in [0, 0.1) is 0 Å². The van der Waals surface area contributed by atoms with E-state index in [0.717, 1.165) is 68.5 Å². The molecule has 0 fully saturated rings. The fourth-order valence-corrected chi connectivity index (χ4v) is 23.4. The Morgan fingerprint density at radius 2 is 0.525 bits per heavy atom. The summed E-state index contributed by atoms with van der Waals surface area (Å²) in [6, 6.07) is 90.1. The Morgan fingerprint density at radius 3 is 0.925 bits per heavy atom. The van der Waals surface area contributed by atoms with E-state index in [1.165, 1.54) is 98.8 Å². The van der Waals surface area contributed by atoms with Gasteiger partial charge in [-0.3, -0.25) is 0 Å². The van der Waals surface area contributed by atoms with Crippen LogP contribution in [0.3, 0.4) is 0 Å². The first kappa shape index (κ1) is 41.8. The van der Waals surface area contributed by atoms with E-state index in [-0.39, 0.29) is 0 Å². The molecule has 0 spiro atoms. The van der Waals surface area contributed by atoms with Crippen molar-refractivity contribution in [2.45, 2.75) is 0 Å². The molecule has 0 radical (unpaired) electrons. The fourth-order valence-electron chi connectivity index (χ4n) is 15.3. The van der Waals surface area contributed by atoms with Gasteiger partial charge < -0.3 is 38.9 Å². The SMILES string of the molecule is c1ccc(N2c3ccc4c5c3[SiH]3c6c(cccc6N(c6ccccc6)c6c3c2cc2c3c7c(cc62)N(c2ccccc2)c2ccc6c8c2[SiH]7c2c(cccc2N3c2ccccc2)N8c2ccccc2O6)N5c2ccccc2O4)cc1. The van der Waals surface area contributed by atoms with Crippen LogP contribution >= 0.6 is 0 Å². The Bertz CT molecular complexity index is 4490. The summed E-state index contributed by atoms with van der Waals surface area (Å²) in [5.41, 5.74) is 21.3. The van der Waals surface area contributed by atoms with Crippen LogP contribution in [0.15, 0.2) is 243 Å². The minimum atomic E-state index is -2.41. The van der Waals surface area contributed by atoms with Crippen LogP contribution in [0.25, 0.3) is 10.8 Å². The summed E-state index contributed by atoms with van der Waals surface area (Å²) in [7, 11) is -4.81. The minimum Gasteiger partial charge on any atom is -0.453 e. The molecular formula is C70H42N6O2Si2. The topological polar surface area (TPSA) is 37.9 Å². The highest BCUT2D eigenvalue weighted by atomic mass is 28.3. The highest BCUT2D eigenvalue weighted by Crippen LogP contribution is 2.61. The lowest BCUT2D eigenvalue weighted by molar-refractivity contribution is 0.477. The molecule has 0 bridgehead atoms. The number of para-hydroxylation sites is 8. The average Bonchev–Trinajstić information content (AvgIpc) is 3.68. The van der Waals surface area contributed by atoms with Gasteiger partial charge in [-0.25, -0.2) is 0 Å². The van der Waals surface area contributed by atoms with Gasteiger partial charge in [0, 0.05) is 79.0 Å². The number of hydrogen-bond donors (Lipinski definition) is 0. The van der Waals surface area contributed by atoms with Gasteiger partial charge in [-0.15, -0.1) is 0 Å². The summed E-state index contributed by atoms with van der Waals surface area (Å²) in [5.74, 6) is 3.52. The van der Waals surface area contributed by atoms with E-state index < -0.39 is 17.6 Å². The molecule has 0 saturated carbocycles. The van der Waals surface area contributed by atoms with Crippen molar-refractivity contribution in [1.29, 1.82) is 0 Å². The van der Waals surface area contributed by atoms with E-state index in [1.807, 2.05) is 0 Å². The molecule has 2 atom stereocenters. The zero-order valence-electron chi connectivity index (χ0n) is 42.7. The van der Waals surface area contributed by atoms with Crippen LogP contribution in [0.4, 0.5) is 102 Å². The Kier molecular flexibility index (Phi) is 7.77. The van der Waals surface area contributed by atoms with Crippen molar-refractivity contribution in [3.05, 3.63) is 243 Å². The maximum absolute atomic E-state index is 7.01. The third-order valence-electron chi connectivity index (χ3n) is 18.1. The number of nitrogens with zero attached hydrogens (tertiary/aromatic N) is 6. The van der Waals surface area contributed by atoms with E-state index in [9.17, 15) is 0 Å². The quantitative estimate of drug-likeness (QED) is 0.161. The lowest BCUT2D eigenvalue weighted by Crippen LogP contribution is -2.65. The van der Waals surface area contributed by atoms with Gasteiger partial charge in [0.2, 0.25) is 0 Å². The predicted octanol–water partition coefficient (Wildman–Crippen LogP) is 14.2. The third-order valence-corrected chi connectivity index (χ3v) is 25.0. The van der Waals surface area contributed by atoms with Crippen LogP contribution in [0.2, 0.25) is 0 Å². The van der Waals surface area contributed by atoms with Crippen molar-refractivity contribution in [3.8, 4) is 23.0 Å². The molecule has 372 valence electrons. The molecule has 8 heterocycles. The first-order chi connectivity index (χ1) is 39.8. The molecule has 10 heteroatoms. The van der Waals surface area contributed by atoms with Crippen molar-refractivity contribution < 1.29 is 9.47 Å². The van der Waals surface area contributed by atoms with Gasteiger partial charge >= 0.3 is 0 Å². The van der Waals surface area contributed by atoms with Crippen molar-refractivity contribution in [2.24, 2.45) is 0 Å². The Hall–Kier alpha value is -10.3. The van der Waals surface area contributed by atoms with Crippen molar-refractivity contribution in [2.75, 3.05) is 29.4 Å². The molecule has 0 amide bonds. The van der Waals surface area contributed by atoms with Crippen LogP contribution in [0.5, 0.6) is 23.0 Å². The van der Waals surface area contributed by atoms with Gasteiger partial charge in [0.25, 0.3) is 0 Å². The van der Waals surface area contributed by atoms with Crippen molar-refractivity contribution >= 4 is 162 Å². The van der Waals surface area contributed by atoms with Gasteiger partial charge in [0.1, 0.15) is 17.6 Å². The number of rotatable bonds is 4. The van der Waals surface area contributed by atoms with Crippen LogP contribution in [0.1, 0.15) is 0 Å². The monoisotopic (exact) mass is 1050 g/mol. The molecule has 0 aromatic heterocycles. The summed E-state index contributed by atoms with van der Waals surface area (Å²) in [5, 5.41) is 10.9. The zero-order valence-corrected chi connectivity index (χ0v) is 45.1. The summed E-state index contributed by atoms with van der Waals surface area (Å²) in [6.07, 6.45) is 0.